The first-order valence-electron chi connectivity index (χ1n) is 10.3. The van der Waals surface area contributed by atoms with Crippen LogP contribution in [0.4, 0.5) is 5.69 Å². The van der Waals surface area contributed by atoms with Crippen LogP contribution in [-0.4, -0.2) is 25.1 Å². The van der Waals surface area contributed by atoms with Crippen molar-refractivity contribution in [3.05, 3.63) is 58.6 Å². The van der Waals surface area contributed by atoms with Gasteiger partial charge < -0.3 is 14.8 Å². The van der Waals surface area contributed by atoms with Gasteiger partial charge in [-0.2, -0.15) is 0 Å². The van der Waals surface area contributed by atoms with E-state index in [1.807, 2.05) is 38.1 Å². The molecule has 0 spiro atoms. The molecule has 0 saturated heterocycles. The second kappa shape index (κ2) is 9.52. The Labute approximate surface area is 182 Å². The summed E-state index contributed by atoms with van der Waals surface area (Å²) >= 11 is 6.06. The van der Waals surface area contributed by atoms with E-state index in [2.05, 4.69) is 5.32 Å². The van der Waals surface area contributed by atoms with Crippen molar-refractivity contribution in [1.29, 1.82) is 0 Å². The quantitative estimate of drug-likeness (QED) is 0.593. The lowest BCUT2D eigenvalue weighted by Gasteiger charge is -2.36. The van der Waals surface area contributed by atoms with Gasteiger partial charge in [0.25, 0.3) is 0 Å². The molecular formula is C24H28ClNO4. The highest BCUT2D eigenvalue weighted by Gasteiger charge is 2.41. The highest BCUT2D eigenvalue weighted by Crippen LogP contribution is 2.41. The van der Waals surface area contributed by atoms with Crippen molar-refractivity contribution < 1.29 is 19.1 Å². The van der Waals surface area contributed by atoms with Crippen molar-refractivity contribution in [2.24, 2.45) is 0 Å². The van der Waals surface area contributed by atoms with Crippen LogP contribution in [0.25, 0.3) is 0 Å². The van der Waals surface area contributed by atoms with E-state index in [1.165, 1.54) is 7.11 Å². The van der Waals surface area contributed by atoms with Crippen LogP contribution >= 0.6 is 11.6 Å². The van der Waals surface area contributed by atoms with Gasteiger partial charge in [0.15, 0.2) is 0 Å². The number of carbonyl (C=O) groups is 2. The average molecular weight is 430 g/mol. The van der Waals surface area contributed by atoms with Gasteiger partial charge in [0.2, 0.25) is 5.91 Å². The van der Waals surface area contributed by atoms with Crippen molar-refractivity contribution in [2.45, 2.75) is 57.5 Å². The van der Waals surface area contributed by atoms with Gasteiger partial charge in [0, 0.05) is 10.7 Å². The van der Waals surface area contributed by atoms with E-state index < -0.39 is 11.4 Å². The zero-order valence-corrected chi connectivity index (χ0v) is 18.4. The van der Waals surface area contributed by atoms with E-state index in [-0.39, 0.29) is 17.6 Å². The van der Waals surface area contributed by atoms with Gasteiger partial charge >= 0.3 is 5.97 Å². The Morgan fingerprint density at radius 1 is 1.03 bits per heavy atom. The van der Waals surface area contributed by atoms with E-state index in [4.69, 9.17) is 21.1 Å². The van der Waals surface area contributed by atoms with Crippen LogP contribution in [0.5, 0.6) is 5.75 Å². The van der Waals surface area contributed by atoms with Gasteiger partial charge in [-0.05, 0) is 62.6 Å². The second-order valence-electron chi connectivity index (χ2n) is 7.97. The first-order chi connectivity index (χ1) is 14.4. The fraction of sp³-hybridized carbons (Fsp3) is 0.417. The number of anilines is 1. The van der Waals surface area contributed by atoms with E-state index in [0.29, 0.717) is 16.5 Å². The molecule has 1 amide bonds. The zero-order chi connectivity index (χ0) is 21.7. The van der Waals surface area contributed by atoms with Crippen LogP contribution < -0.4 is 10.1 Å². The molecule has 160 valence electrons. The molecule has 1 saturated carbocycles. The molecule has 2 aromatic rings. The molecule has 1 aliphatic rings. The number of methoxy groups -OCH3 is 1. The molecule has 1 aliphatic carbocycles. The summed E-state index contributed by atoms with van der Waals surface area (Å²) in [4.78, 5) is 25.7. The average Bonchev–Trinajstić information content (AvgIpc) is 2.74. The number of ether oxygens (including phenoxy) is 2. The molecule has 0 heterocycles. The van der Waals surface area contributed by atoms with Crippen LogP contribution in [0.3, 0.4) is 0 Å². The Bertz CT molecular complexity index is 902. The maximum Gasteiger partial charge on any atom is 0.341 e. The van der Waals surface area contributed by atoms with Crippen LogP contribution in [0.1, 0.15) is 61.9 Å². The summed E-state index contributed by atoms with van der Waals surface area (Å²) in [6, 6.07) is 12.6. The lowest BCUT2D eigenvalue weighted by atomic mass is 9.68. The molecule has 30 heavy (non-hydrogen) atoms. The molecule has 0 bridgehead atoms. The molecule has 0 aliphatic heterocycles. The van der Waals surface area contributed by atoms with Gasteiger partial charge in [-0.25, -0.2) is 4.79 Å². The van der Waals surface area contributed by atoms with E-state index in [9.17, 15) is 9.59 Å². The summed E-state index contributed by atoms with van der Waals surface area (Å²) in [5.74, 6) is -0.148. The molecule has 0 unspecified atom stereocenters. The fourth-order valence-corrected chi connectivity index (χ4v) is 4.18. The Morgan fingerprint density at radius 2 is 1.70 bits per heavy atom. The fourth-order valence-electron chi connectivity index (χ4n) is 4.06. The molecule has 2 aromatic carbocycles. The van der Waals surface area contributed by atoms with Gasteiger partial charge in [-0.15, -0.1) is 0 Å². The number of carbonyl (C=O) groups excluding carboxylic acids is 2. The third-order valence-electron chi connectivity index (χ3n) is 5.54. The summed E-state index contributed by atoms with van der Waals surface area (Å²) in [6.45, 7) is 3.77. The minimum Gasteiger partial charge on any atom is -0.490 e. The monoisotopic (exact) mass is 429 g/mol. The standard InChI is InChI=1S/C24H28ClNO4/c1-16(2)30-21-12-11-19(15-20(21)22(27)29-3)26-23(28)24(13-5-4-6-14-24)17-7-9-18(25)10-8-17/h7-12,15-16H,4-6,13-14H2,1-3H3,(H,26,28). The van der Waals surface area contributed by atoms with Crippen molar-refractivity contribution in [3.63, 3.8) is 0 Å². The Balaban J connectivity index is 1.92. The minimum atomic E-state index is -0.610. The van der Waals surface area contributed by atoms with Crippen LogP contribution in [0.15, 0.2) is 42.5 Å². The molecule has 0 atom stereocenters. The molecule has 0 aromatic heterocycles. The van der Waals surface area contributed by atoms with E-state index in [0.717, 1.165) is 37.7 Å². The smallest absolute Gasteiger partial charge is 0.341 e. The number of hydrogen-bond donors (Lipinski definition) is 1. The number of halogens is 1. The number of benzene rings is 2. The maximum absolute atomic E-state index is 13.5. The topological polar surface area (TPSA) is 64.6 Å². The molecule has 0 radical (unpaired) electrons. The predicted molar refractivity (Wildman–Crippen MR) is 118 cm³/mol. The summed E-state index contributed by atoms with van der Waals surface area (Å²) in [6.07, 6.45) is 4.56. The van der Waals surface area contributed by atoms with Crippen LogP contribution in [0, 0.1) is 0 Å². The number of hydrogen-bond acceptors (Lipinski definition) is 4. The van der Waals surface area contributed by atoms with Crippen LogP contribution in [-0.2, 0) is 14.9 Å². The molecule has 1 fully saturated rings. The highest BCUT2D eigenvalue weighted by atomic mass is 35.5. The largest absolute Gasteiger partial charge is 0.490 e. The Morgan fingerprint density at radius 3 is 2.30 bits per heavy atom. The van der Waals surface area contributed by atoms with Crippen molar-refractivity contribution in [1.82, 2.24) is 0 Å². The lowest BCUT2D eigenvalue weighted by Crippen LogP contribution is -2.42. The molecule has 1 N–H and O–H groups in total. The SMILES string of the molecule is COC(=O)c1cc(NC(=O)C2(c3ccc(Cl)cc3)CCCCC2)ccc1OC(C)C. The third-order valence-corrected chi connectivity index (χ3v) is 5.80. The van der Waals surface area contributed by atoms with E-state index in [1.54, 1.807) is 18.2 Å². The van der Waals surface area contributed by atoms with Crippen molar-refractivity contribution in [2.75, 3.05) is 12.4 Å². The maximum atomic E-state index is 13.5. The number of amides is 1. The minimum absolute atomic E-state index is 0.0714. The first-order valence-corrected chi connectivity index (χ1v) is 10.7. The van der Waals surface area contributed by atoms with Gasteiger partial charge in [-0.1, -0.05) is 43.0 Å². The zero-order valence-electron chi connectivity index (χ0n) is 17.7. The Hall–Kier alpha value is -2.53. The highest BCUT2D eigenvalue weighted by molar-refractivity contribution is 6.30. The normalized spacial score (nSPS) is 15.5. The first kappa shape index (κ1) is 22.2. The van der Waals surface area contributed by atoms with Crippen LogP contribution in [0.2, 0.25) is 5.02 Å². The van der Waals surface area contributed by atoms with Gasteiger partial charge in [0.1, 0.15) is 11.3 Å². The van der Waals surface area contributed by atoms with Crippen molar-refractivity contribution in [3.8, 4) is 5.75 Å². The number of rotatable bonds is 6. The summed E-state index contributed by atoms with van der Waals surface area (Å²) in [5.41, 5.74) is 1.18. The van der Waals surface area contributed by atoms with Gasteiger partial charge in [0.05, 0.1) is 18.6 Å². The predicted octanol–water partition coefficient (Wildman–Crippen LogP) is 5.75. The summed E-state index contributed by atoms with van der Waals surface area (Å²) in [7, 11) is 1.32. The van der Waals surface area contributed by atoms with Crippen molar-refractivity contribution >= 4 is 29.2 Å². The Kier molecular flexibility index (Phi) is 7.03. The molecule has 5 nitrogen and oxygen atoms in total. The third kappa shape index (κ3) is 4.78. The molecule has 3 rings (SSSR count). The van der Waals surface area contributed by atoms with E-state index >= 15 is 0 Å². The lowest BCUT2D eigenvalue weighted by molar-refractivity contribution is -0.122. The molecule has 6 heteroatoms. The second-order valence-corrected chi connectivity index (χ2v) is 8.41. The molecular weight excluding hydrogens is 402 g/mol. The summed E-state index contributed by atoms with van der Waals surface area (Å²) in [5, 5.41) is 3.68. The number of nitrogens with one attached hydrogen (secondary N) is 1. The number of esters is 1. The van der Waals surface area contributed by atoms with Gasteiger partial charge in [-0.3, -0.25) is 4.79 Å². The summed E-state index contributed by atoms with van der Waals surface area (Å²) < 4.78 is 10.6.